The van der Waals surface area contributed by atoms with E-state index in [1.807, 2.05) is 23.6 Å². The maximum Gasteiger partial charge on any atom is 0.233 e. The highest BCUT2D eigenvalue weighted by molar-refractivity contribution is 7.90. The van der Waals surface area contributed by atoms with Crippen molar-refractivity contribution in [3.63, 3.8) is 0 Å². The SMILES string of the molecule is O=CN(O)[C@H](CS(=O)(=O)Cc1ccc2sccc2c1)c1ccc(F)cc1. The third-order valence-corrected chi connectivity index (χ3v) is 6.49. The quantitative estimate of drug-likeness (QED) is 0.378. The highest BCUT2D eigenvalue weighted by Crippen LogP contribution is 2.25. The summed E-state index contributed by atoms with van der Waals surface area (Å²) in [5, 5.41) is 13.0. The average Bonchev–Trinajstić information content (AvgIpc) is 3.07. The smallest absolute Gasteiger partial charge is 0.233 e. The van der Waals surface area contributed by atoms with Gasteiger partial charge in [-0.3, -0.25) is 10.0 Å². The second-order valence-corrected chi connectivity index (χ2v) is 8.96. The summed E-state index contributed by atoms with van der Waals surface area (Å²) in [5.41, 5.74) is 0.960. The molecule has 5 nitrogen and oxygen atoms in total. The first kappa shape index (κ1) is 18.5. The zero-order valence-corrected chi connectivity index (χ0v) is 15.2. The van der Waals surface area contributed by atoms with Crippen LogP contribution in [-0.2, 0) is 20.4 Å². The fourth-order valence-corrected chi connectivity index (χ4v) is 5.15. The Kier molecular flexibility index (Phi) is 5.36. The maximum absolute atomic E-state index is 13.1. The first-order valence-corrected chi connectivity index (χ1v) is 10.4. The van der Waals surface area contributed by atoms with E-state index >= 15 is 0 Å². The summed E-state index contributed by atoms with van der Waals surface area (Å²) in [4.78, 5) is 11.0. The van der Waals surface area contributed by atoms with E-state index in [0.717, 1.165) is 22.2 Å². The Balaban J connectivity index is 1.84. The van der Waals surface area contributed by atoms with Crippen molar-refractivity contribution in [3.05, 3.63) is 70.9 Å². The third kappa shape index (κ3) is 4.27. The average molecular weight is 393 g/mol. The molecule has 0 fully saturated rings. The van der Waals surface area contributed by atoms with Crippen LogP contribution in [0.15, 0.2) is 53.9 Å². The van der Waals surface area contributed by atoms with Crippen molar-refractivity contribution >= 4 is 37.7 Å². The number of amides is 1. The van der Waals surface area contributed by atoms with Crippen LogP contribution in [0.25, 0.3) is 10.1 Å². The van der Waals surface area contributed by atoms with Crippen LogP contribution in [0.2, 0.25) is 0 Å². The van der Waals surface area contributed by atoms with Crippen molar-refractivity contribution < 1.29 is 22.8 Å². The monoisotopic (exact) mass is 393 g/mol. The highest BCUT2D eigenvalue weighted by atomic mass is 32.2. The molecule has 8 heteroatoms. The first-order valence-electron chi connectivity index (χ1n) is 7.72. The number of benzene rings is 2. The molecule has 0 radical (unpaired) electrons. The van der Waals surface area contributed by atoms with E-state index in [9.17, 15) is 22.8 Å². The van der Waals surface area contributed by atoms with Gasteiger partial charge in [0, 0.05) is 4.70 Å². The van der Waals surface area contributed by atoms with Gasteiger partial charge in [-0.1, -0.05) is 18.2 Å². The fraction of sp³-hybridized carbons (Fsp3) is 0.167. The molecule has 3 aromatic rings. The Morgan fingerprint density at radius 3 is 2.58 bits per heavy atom. The summed E-state index contributed by atoms with van der Waals surface area (Å²) in [6, 6.07) is 11.2. The molecule has 0 aliphatic carbocycles. The molecule has 0 aliphatic rings. The van der Waals surface area contributed by atoms with Crippen LogP contribution >= 0.6 is 11.3 Å². The van der Waals surface area contributed by atoms with Crippen LogP contribution in [0.3, 0.4) is 0 Å². The number of carbonyl (C=O) groups is 1. The van der Waals surface area contributed by atoms with E-state index in [2.05, 4.69) is 0 Å². The number of carbonyl (C=O) groups excluding carboxylic acids is 1. The first-order chi connectivity index (χ1) is 12.4. The molecule has 0 aliphatic heterocycles. The minimum atomic E-state index is -3.65. The number of fused-ring (bicyclic) bond motifs is 1. The Bertz CT molecular complexity index is 1020. The summed E-state index contributed by atoms with van der Waals surface area (Å²) in [6.45, 7) is 0. The molecule has 1 atom stereocenters. The van der Waals surface area contributed by atoms with Gasteiger partial charge < -0.3 is 0 Å². The van der Waals surface area contributed by atoms with Crippen molar-refractivity contribution in [3.8, 4) is 0 Å². The van der Waals surface area contributed by atoms with E-state index < -0.39 is 27.4 Å². The molecule has 1 aromatic heterocycles. The van der Waals surface area contributed by atoms with Crippen LogP contribution in [0.5, 0.6) is 0 Å². The van der Waals surface area contributed by atoms with Gasteiger partial charge in [-0.05, 0) is 52.2 Å². The molecule has 0 unspecified atom stereocenters. The lowest BCUT2D eigenvalue weighted by Gasteiger charge is -2.23. The van der Waals surface area contributed by atoms with Gasteiger partial charge >= 0.3 is 0 Å². The third-order valence-electron chi connectivity index (χ3n) is 4.00. The standard InChI is InChI=1S/C18H16FNO4S2/c19-16-4-2-14(3-5-16)17(20(22)12-21)11-26(23,24)10-13-1-6-18-15(9-13)7-8-25-18/h1-9,12,17,22H,10-11H2/t17-/m1/s1. The normalized spacial score (nSPS) is 12.8. The Morgan fingerprint density at radius 2 is 1.88 bits per heavy atom. The topological polar surface area (TPSA) is 74.7 Å². The lowest BCUT2D eigenvalue weighted by Crippen LogP contribution is -2.30. The number of thiophene rings is 1. The van der Waals surface area contributed by atoms with E-state index in [0.29, 0.717) is 16.2 Å². The van der Waals surface area contributed by atoms with Crippen LogP contribution in [0.4, 0.5) is 4.39 Å². The van der Waals surface area contributed by atoms with Gasteiger partial charge in [0.15, 0.2) is 9.84 Å². The van der Waals surface area contributed by atoms with Crippen molar-refractivity contribution in [2.75, 3.05) is 5.75 Å². The van der Waals surface area contributed by atoms with Gasteiger partial charge in [-0.2, -0.15) is 0 Å². The van der Waals surface area contributed by atoms with E-state index in [-0.39, 0.29) is 12.2 Å². The van der Waals surface area contributed by atoms with Crippen molar-refractivity contribution in [1.82, 2.24) is 5.06 Å². The molecule has 2 aromatic carbocycles. The summed E-state index contributed by atoms with van der Waals surface area (Å²) >= 11 is 1.57. The van der Waals surface area contributed by atoms with Crippen molar-refractivity contribution in [1.29, 1.82) is 0 Å². The zero-order chi connectivity index (χ0) is 18.7. The molecular weight excluding hydrogens is 377 g/mol. The van der Waals surface area contributed by atoms with E-state index in [4.69, 9.17) is 0 Å². The molecular formula is C18H16FNO4S2. The Hall–Kier alpha value is -2.29. The number of hydroxylamine groups is 2. The van der Waals surface area contributed by atoms with Crippen LogP contribution < -0.4 is 0 Å². The Labute approximate surface area is 154 Å². The van der Waals surface area contributed by atoms with Gasteiger partial charge in [0.1, 0.15) is 5.82 Å². The fourth-order valence-electron chi connectivity index (χ4n) is 2.74. The maximum atomic E-state index is 13.1. The summed E-state index contributed by atoms with van der Waals surface area (Å²) in [5.74, 6) is -1.19. The summed E-state index contributed by atoms with van der Waals surface area (Å²) < 4.78 is 39.4. The van der Waals surface area contributed by atoms with Crippen molar-refractivity contribution in [2.24, 2.45) is 0 Å². The van der Waals surface area contributed by atoms with Gasteiger partial charge in [-0.15, -0.1) is 11.3 Å². The lowest BCUT2D eigenvalue weighted by atomic mass is 10.1. The number of hydrogen-bond acceptors (Lipinski definition) is 5. The molecule has 26 heavy (non-hydrogen) atoms. The highest BCUT2D eigenvalue weighted by Gasteiger charge is 2.26. The predicted octanol–water partition coefficient (Wildman–Crippen LogP) is 3.54. The van der Waals surface area contributed by atoms with E-state index in [1.165, 1.54) is 12.1 Å². The minimum Gasteiger partial charge on any atom is -0.285 e. The minimum absolute atomic E-state index is 0.140. The second-order valence-electron chi connectivity index (χ2n) is 5.90. The van der Waals surface area contributed by atoms with Crippen LogP contribution in [-0.4, -0.2) is 30.9 Å². The number of sulfone groups is 1. The number of nitrogens with zero attached hydrogens (tertiary/aromatic N) is 1. The molecule has 0 saturated heterocycles. The van der Waals surface area contributed by atoms with E-state index in [1.54, 1.807) is 17.4 Å². The van der Waals surface area contributed by atoms with Gasteiger partial charge in [-0.25, -0.2) is 17.9 Å². The molecule has 3 rings (SSSR count). The second kappa shape index (κ2) is 7.53. The molecule has 1 N–H and O–H groups in total. The van der Waals surface area contributed by atoms with Gasteiger partial charge in [0.25, 0.3) is 0 Å². The number of hydrogen-bond donors (Lipinski definition) is 1. The zero-order valence-electron chi connectivity index (χ0n) is 13.6. The number of rotatable bonds is 7. The van der Waals surface area contributed by atoms with Crippen LogP contribution in [0.1, 0.15) is 17.2 Å². The Morgan fingerprint density at radius 1 is 1.15 bits per heavy atom. The van der Waals surface area contributed by atoms with Gasteiger partial charge in [0.2, 0.25) is 6.41 Å². The molecule has 0 saturated carbocycles. The summed E-state index contributed by atoms with van der Waals surface area (Å²) in [6.07, 6.45) is 0.140. The predicted molar refractivity (Wildman–Crippen MR) is 98.1 cm³/mol. The van der Waals surface area contributed by atoms with Gasteiger partial charge in [0.05, 0.1) is 17.5 Å². The summed E-state index contributed by atoms with van der Waals surface area (Å²) in [7, 11) is -3.65. The number of halogens is 1. The molecule has 1 amide bonds. The largest absolute Gasteiger partial charge is 0.285 e. The molecule has 136 valence electrons. The lowest BCUT2D eigenvalue weighted by molar-refractivity contribution is -0.158. The van der Waals surface area contributed by atoms with Crippen molar-refractivity contribution in [2.45, 2.75) is 11.8 Å². The molecule has 1 heterocycles. The van der Waals surface area contributed by atoms with Crippen LogP contribution in [0, 0.1) is 5.82 Å². The molecule has 0 spiro atoms. The molecule has 0 bridgehead atoms.